The molecule has 0 radical (unpaired) electrons. The van der Waals surface area contributed by atoms with Gasteiger partial charge in [0.05, 0.1) is 10.5 Å². The van der Waals surface area contributed by atoms with Crippen molar-refractivity contribution in [3.05, 3.63) is 59.9 Å². The topological polar surface area (TPSA) is 72.2 Å². The number of oxazole rings is 1. The number of anilines is 1. The maximum Gasteiger partial charge on any atom is 0.234 e. The predicted molar refractivity (Wildman–Crippen MR) is 102 cm³/mol. The third-order valence-corrected chi connectivity index (χ3v) is 5.95. The van der Waals surface area contributed by atoms with Crippen LogP contribution in [0.1, 0.15) is 25.8 Å². The first-order chi connectivity index (χ1) is 12.8. The molecule has 5 nitrogen and oxygen atoms in total. The zero-order chi connectivity index (χ0) is 19.6. The highest BCUT2D eigenvalue weighted by Crippen LogP contribution is 2.33. The van der Waals surface area contributed by atoms with Crippen LogP contribution >= 0.6 is 0 Å². The third-order valence-electron chi connectivity index (χ3n) is 4.28. The molecular weight excluding hydrogens is 367 g/mol. The molecule has 0 bridgehead atoms. The maximum absolute atomic E-state index is 14.1. The minimum Gasteiger partial charge on any atom is -0.419 e. The molecule has 0 saturated heterocycles. The summed E-state index contributed by atoms with van der Waals surface area (Å²) in [6.07, 6.45) is 0.750. The number of rotatable bonds is 6. The molecule has 0 aliphatic heterocycles. The number of nitrogens with zero attached hydrogens (tertiary/aromatic N) is 1. The number of hydrogen-bond acceptors (Lipinski definition) is 5. The van der Waals surface area contributed by atoms with Crippen LogP contribution in [-0.2, 0) is 9.84 Å². The second-order valence-corrected chi connectivity index (χ2v) is 8.27. The zero-order valence-electron chi connectivity index (χ0n) is 15.4. The Morgan fingerprint density at radius 1 is 1.15 bits per heavy atom. The highest BCUT2D eigenvalue weighted by molar-refractivity contribution is 7.91. The van der Waals surface area contributed by atoms with Gasteiger partial charge in [-0.15, -0.1) is 0 Å². The van der Waals surface area contributed by atoms with Gasteiger partial charge in [0.25, 0.3) is 0 Å². The Labute approximate surface area is 158 Å². The van der Waals surface area contributed by atoms with Gasteiger partial charge in [-0.05, 0) is 44.5 Å². The number of benzene rings is 2. The van der Waals surface area contributed by atoms with Gasteiger partial charge < -0.3 is 9.73 Å². The Kier molecular flexibility index (Phi) is 5.32. The summed E-state index contributed by atoms with van der Waals surface area (Å²) in [5, 5.41) is 2.78. The van der Waals surface area contributed by atoms with E-state index in [0.29, 0.717) is 0 Å². The monoisotopic (exact) mass is 388 g/mol. The van der Waals surface area contributed by atoms with E-state index in [4.69, 9.17) is 4.42 Å². The summed E-state index contributed by atoms with van der Waals surface area (Å²) in [4.78, 5) is 4.25. The zero-order valence-corrected chi connectivity index (χ0v) is 16.2. The fourth-order valence-electron chi connectivity index (χ4n) is 2.48. The molecule has 1 aromatic heterocycles. The molecule has 0 amide bonds. The van der Waals surface area contributed by atoms with Crippen molar-refractivity contribution in [3.63, 3.8) is 0 Å². The molecule has 0 aliphatic rings. The van der Waals surface area contributed by atoms with Gasteiger partial charge in [0.2, 0.25) is 26.6 Å². The van der Waals surface area contributed by atoms with E-state index in [1.807, 2.05) is 20.8 Å². The number of aryl methyl sites for hydroxylation is 1. The fraction of sp³-hybridized carbons (Fsp3) is 0.250. The van der Waals surface area contributed by atoms with E-state index >= 15 is 0 Å². The van der Waals surface area contributed by atoms with Crippen molar-refractivity contribution in [2.45, 2.75) is 43.2 Å². The number of nitrogens with one attached hydrogen (secondary N) is 1. The molecule has 3 aromatic rings. The van der Waals surface area contributed by atoms with Crippen LogP contribution in [0.25, 0.3) is 11.5 Å². The third kappa shape index (κ3) is 3.88. The molecule has 142 valence electrons. The van der Waals surface area contributed by atoms with Crippen LogP contribution in [0.2, 0.25) is 0 Å². The molecule has 0 aliphatic carbocycles. The van der Waals surface area contributed by atoms with Crippen LogP contribution < -0.4 is 5.32 Å². The molecule has 1 atom stereocenters. The largest absolute Gasteiger partial charge is 0.419 e. The highest BCUT2D eigenvalue weighted by Gasteiger charge is 2.29. The number of hydrogen-bond donors (Lipinski definition) is 1. The van der Waals surface area contributed by atoms with Gasteiger partial charge in [-0.3, -0.25) is 0 Å². The summed E-state index contributed by atoms with van der Waals surface area (Å²) in [5.74, 6) is -0.596. The van der Waals surface area contributed by atoms with Gasteiger partial charge in [0, 0.05) is 6.04 Å². The van der Waals surface area contributed by atoms with Gasteiger partial charge in [0.1, 0.15) is 5.82 Å². The Hall–Kier alpha value is -2.67. The highest BCUT2D eigenvalue weighted by atomic mass is 32.2. The molecule has 0 saturated carbocycles. The van der Waals surface area contributed by atoms with Crippen LogP contribution in [0.3, 0.4) is 0 Å². The molecular formula is C20H21FN2O3S. The van der Waals surface area contributed by atoms with E-state index in [1.54, 1.807) is 24.3 Å². The van der Waals surface area contributed by atoms with E-state index in [-0.39, 0.29) is 33.3 Å². The fourth-order valence-corrected chi connectivity index (χ4v) is 3.75. The van der Waals surface area contributed by atoms with E-state index in [0.717, 1.165) is 12.0 Å². The smallest absolute Gasteiger partial charge is 0.234 e. The summed E-state index contributed by atoms with van der Waals surface area (Å²) < 4.78 is 46.0. The van der Waals surface area contributed by atoms with Gasteiger partial charge in [0.15, 0.2) is 0 Å². The van der Waals surface area contributed by atoms with Crippen molar-refractivity contribution in [2.24, 2.45) is 0 Å². The average Bonchev–Trinajstić information content (AvgIpc) is 3.06. The normalized spacial score (nSPS) is 12.7. The average molecular weight is 388 g/mol. The van der Waals surface area contributed by atoms with Crippen LogP contribution in [-0.4, -0.2) is 19.4 Å². The van der Waals surface area contributed by atoms with Crippen molar-refractivity contribution in [1.29, 1.82) is 0 Å². The van der Waals surface area contributed by atoms with E-state index in [1.165, 1.54) is 24.3 Å². The number of aromatic nitrogens is 1. The molecule has 0 fully saturated rings. The van der Waals surface area contributed by atoms with Crippen molar-refractivity contribution in [2.75, 3.05) is 5.32 Å². The quantitative estimate of drug-likeness (QED) is 0.655. The molecule has 0 spiro atoms. The summed E-state index contributed by atoms with van der Waals surface area (Å²) in [6, 6.07) is 12.4. The first-order valence-corrected chi connectivity index (χ1v) is 10.1. The molecule has 27 heavy (non-hydrogen) atoms. The number of sulfone groups is 1. The Morgan fingerprint density at radius 3 is 2.44 bits per heavy atom. The summed E-state index contributed by atoms with van der Waals surface area (Å²) in [5.41, 5.74) is 1.05. The second-order valence-electron chi connectivity index (χ2n) is 6.40. The van der Waals surface area contributed by atoms with E-state index in [9.17, 15) is 12.8 Å². The van der Waals surface area contributed by atoms with Gasteiger partial charge in [-0.2, -0.15) is 4.98 Å². The lowest BCUT2D eigenvalue weighted by Gasteiger charge is -2.11. The Bertz CT molecular complexity index is 1040. The summed E-state index contributed by atoms with van der Waals surface area (Å²) >= 11 is 0. The lowest BCUT2D eigenvalue weighted by atomic mass is 10.2. The standard InChI is InChI=1S/C20H21FN2O3S/c1-4-14(3)22-19-20(27(24,25)15-11-9-13(2)10-12-15)23-18(26-19)16-7-5-6-8-17(16)21/h5-12,14,22H,4H2,1-3H3. The van der Waals surface area contributed by atoms with E-state index < -0.39 is 15.7 Å². The second kappa shape index (κ2) is 7.52. The van der Waals surface area contributed by atoms with Crippen LogP contribution in [0.5, 0.6) is 0 Å². The lowest BCUT2D eigenvalue weighted by Crippen LogP contribution is -2.15. The molecule has 3 rings (SSSR count). The molecule has 7 heteroatoms. The molecule has 1 unspecified atom stereocenters. The van der Waals surface area contributed by atoms with Crippen LogP contribution in [0.15, 0.2) is 62.9 Å². The predicted octanol–water partition coefficient (Wildman–Crippen LogP) is 4.83. The minimum atomic E-state index is -3.93. The van der Waals surface area contributed by atoms with Gasteiger partial charge in [-0.25, -0.2) is 12.8 Å². The van der Waals surface area contributed by atoms with Crippen LogP contribution in [0, 0.1) is 12.7 Å². The maximum atomic E-state index is 14.1. The number of halogens is 1. The van der Waals surface area contributed by atoms with Crippen molar-refractivity contribution in [1.82, 2.24) is 4.98 Å². The van der Waals surface area contributed by atoms with E-state index in [2.05, 4.69) is 10.3 Å². The van der Waals surface area contributed by atoms with Crippen molar-refractivity contribution < 1.29 is 17.2 Å². The Balaban J connectivity index is 2.15. The molecule has 1 N–H and O–H groups in total. The Morgan fingerprint density at radius 2 is 1.81 bits per heavy atom. The van der Waals surface area contributed by atoms with Crippen LogP contribution in [0.4, 0.5) is 10.3 Å². The van der Waals surface area contributed by atoms with Gasteiger partial charge in [-0.1, -0.05) is 36.8 Å². The molecule has 2 aromatic carbocycles. The van der Waals surface area contributed by atoms with Gasteiger partial charge >= 0.3 is 0 Å². The minimum absolute atomic E-state index is 0.0168. The van der Waals surface area contributed by atoms with Crippen molar-refractivity contribution in [3.8, 4) is 11.5 Å². The SMILES string of the molecule is CCC(C)Nc1oc(-c2ccccc2F)nc1S(=O)(=O)c1ccc(C)cc1. The summed E-state index contributed by atoms with van der Waals surface area (Å²) in [7, 11) is -3.93. The van der Waals surface area contributed by atoms with Crippen molar-refractivity contribution >= 4 is 15.7 Å². The lowest BCUT2D eigenvalue weighted by molar-refractivity contribution is 0.558. The summed E-state index contributed by atoms with van der Waals surface area (Å²) in [6.45, 7) is 5.73. The molecule has 1 heterocycles. The first kappa shape index (κ1) is 19.1. The first-order valence-electron chi connectivity index (χ1n) is 8.67.